The van der Waals surface area contributed by atoms with Gasteiger partial charge in [0.2, 0.25) is 5.69 Å². The molecule has 0 radical (unpaired) electrons. The summed E-state index contributed by atoms with van der Waals surface area (Å²) in [6, 6.07) is 0.0199. The highest BCUT2D eigenvalue weighted by atomic mass is 32.9. The van der Waals surface area contributed by atoms with Gasteiger partial charge in [-0.2, -0.15) is 0 Å². The number of hydrogen-bond donors (Lipinski definition) is 3. The van der Waals surface area contributed by atoms with Gasteiger partial charge in [0, 0.05) is 12.0 Å². The zero-order chi connectivity index (χ0) is 15.6. The fraction of sp³-hybridized carbons (Fsp3) is 1.00. The number of hydrogen-bond acceptors (Lipinski definition) is 7. The molecule has 0 aliphatic carbocycles. The molecule has 2 heterocycles. The van der Waals surface area contributed by atoms with E-state index in [1.165, 1.54) is 0 Å². The lowest BCUT2D eigenvalue weighted by Gasteiger charge is -2.25. The quantitative estimate of drug-likeness (QED) is 0.301. The average molecular weight is 354 g/mol. The normalized spacial score (nSPS) is 43.0. The van der Waals surface area contributed by atoms with E-state index >= 15 is 0 Å². The van der Waals surface area contributed by atoms with Crippen molar-refractivity contribution >= 4 is 45.4 Å². The second-order valence-electron chi connectivity index (χ2n) is 5.60. The molecule has 2 aliphatic heterocycles. The number of rotatable bonds is 6. The van der Waals surface area contributed by atoms with Crippen LogP contribution in [0.4, 0.5) is 0 Å². The molecule has 2 aliphatic rings. The van der Waals surface area contributed by atoms with E-state index < -0.39 is 24.0 Å². The maximum absolute atomic E-state index is 9.81. The number of ether oxygens (including phenoxy) is 2. The Balaban J connectivity index is 1.83. The van der Waals surface area contributed by atoms with Gasteiger partial charge in [0.05, 0.1) is 25.4 Å². The molecule has 7 atom stereocenters. The molecule has 0 aromatic carbocycles. The van der Waals surface area contributed by atoms with E-state index in [9.17, 15) is 10.2 Å². The third-order valence-corrected chi connectivity index (χ3v) is 5.86. The summed E-state index contributed by atoms with van der Waals surface area (Å²) in [7, 11) is 3.82. The molecule has 11 heteroatoms. The summed E-state index contributed by atoms with van der Waals surface area (Å²) in [4.78, 5) is 0. The Hall–Kier alpha value is 0.890. The zero-order valence-electron chi connectivity index (χ0n) is 12.1. The molecule has 6 unspecified atom stereocenters. The van der Waals surface area contributed by atoms with Crippen LogP contribution in [0.15, 0.2) is 0 Å². The van der Waals surface area contributed by atoms with Crippen molar-refractivity contribution in [1.82, 2.24) is 0 Å². The topological polar surface area (TPSA) is 77.4 Å². The predicted molar refractivity (Wildman–Crippen MR) is 90.8 cm³/mol. The van der Waals surface area contributed by atoms with Crippen molar-refractivity contribution in [3.8, 4) is 0 Å². The molecule has 2 N–H and O–H groups in total. The minimum absolute atomic E-state index is 0.00939. The van der Waals surface area contributed by atoms with Gasteiger partial charge in [-0.3, -0.25) is 0 Å². The van der Waals surface area contributed by atoms with Crippen LogP contribution in [-0.2, 0) is 30.3 Å². The predicted octanol–water partition coefficient (Wildman–Crippen LogP) is -1.61. The van der Waals surface area contributed by atoms with Crippen LogP contribution in [0.25, 0.3) is 0 Å². The fourth-order valence-electron chi connectivity index (χ4n) is 2.65. The molecule has 2 saturated heterocycles. The molecule has 120 valence electrons. The summed E-state index contributed by atoms with van der Waals surface area (Å²) in [6.45, 7) is 0.0271. The molecule has 0 amide bonds. The Kier molecular flexibility index (Phi) is 6.63. The second kappa shape index (κ2) is 7.64. The zero-order valence-corrected chi connectivity index (χ0v) is 14.7. The molecular weight excluding hydrogens is 333 g/mol. The van der Waals surface area contributed by atoms with E-state index in [2.05, 4.69) is 12.2 Å². The minimum Gasteiger partial charge on any atom is -0.394 e. The second-order valence-corrected chi connectivity index (χ2v) is 10.8. The number of thiol groups is 1. The molecule has 6 nitrogen and oxygen atoms in total. The van der Waals surface area contributed by atoms with E-state index in [1.807, 2.05) is 15.7 Å². The van der Waals surface area contributed by atoms with Crippen molar-refractivity contribution in [1.29, 1.82) is 0 Å². The Morgan fingerprint density at radius 3 is 2.43 bits per heavy atom. The van der Waals surface area contributed by atoms with Crippen molar-refractivity contribution in [2.75, 3.05) is 13.2 Å². The van der Waals surface area contributed by atoms with Gasteiger partial charge in [0.1, 0.15) is 27.9 Å². The standard InChI is InChI=1S/C10H21B2O6PS2/c11-9-1-5(14)8(17-9)4-15-19(20,21)18-6-2-10(12)16-7(6)3-13/h5-10,13-14H,1-4,11-12H2,(H,20,21)/t5?,6?,7?,8?,9-,10?/m1/s1. The van der Waals surface area contributed by atoms with Crippen LogP contribution in [0, 0.1) is 0 Å². The van der Waals surface area contributed by atoms with Gasteiger partial charge < -0.3 is 28.7 Å². The molecule has 21 heavy (non-hydrogen) atoms. The fourth-order valence-corrected chi connectivity index (χ4v) is 4.69. The summed E-state index contributed by atoms with van der Waals surface area (Å²) in [5.74, 6) is 0. The van der Waals surface area contributed by atoms with Gasteiger partial charge in [-0.1, -0.05) is 12.2 Å². The smallest absolute Gasteiger partial charge is 0.244 e. The number of aliphatic hydroxyl groups is 2. The van der Waals surface area contributed by atoms with E-state index in [1.54, 1.807) is 0 Å². The van der Waals surface area contributed by atoms with E-state index in [4.69, 9.17) is 30.3 Å². The van der Waals surface area contributed by atoms with Crippen LogP contribution in [0.2, 0.25) is 0 Å². The maximum atomic E-state index is 9.81. The van der Waals surface area contributed by atoms with Gasteiger partial charge in [0.15, 0.2) is 0 Å². The summed E-state index contributed by atoms with van der Waals surface area (Å²) >= 11 is 9.58. The molecule has 0 bridgehead atoms. The molecule has 2 fully saturated rings. The van der Waals surface area contributed by atoms with Gasteiger partial charge >= 0.3 is 0 Å². The summed E-state index contributed by atoms with van der Waals surface area (Å²) in [5, 5.41) is 19.1. The first-order valence-electron chi connectivity index (χ1n) is 7.06. The van der Waals surface area contributed by atoms with Crippen LogP contribution in [0.5, 0.6) is 0 Å². The van der Waals surface area contributed by atoms with Crippen LogP contribution in [-0.4, -0.2) is 75.5 Å². The first kappa shape index (κ1) is 18.2. The highest BCUT2D eigenvalue weighted by Gasteiger charge is 2.37. The van der Waals surface area contributed by atoms with Crippen molar-refractivity contribution in [3.63, 3.8) is 0 Å². The van der Waals surface area contributed by atoms with Crippen LogP contribution in [0.3, 0.4) is 0 Å². The lowest BCUT2D eigenvalue weighted by molar-refractivity contribution is -0.00868. The Morgan fingerprint density at radius 2 is 1.86 bits per heavy atom. The Labute approximate surface area is 137 Å². The first-order valence-corrected chi connectivity index (χ1v) is 10.9. The third kappa shape index (κ3) is 5.19. The molecule has 0 saturated carbocycles. The lowest BCUT2D eigenvalue weighted by Crippen LogP contribution is -2.28. The highest BCUT2D eigenvalue weighted by Crippen LogP contribution is 2.56. The number of aliphatic hydroxyl groups excluding tert-OH is 2. The van der Waals surface area contributed by atoms with Gasteiger partial charge in [-0.15, -0.1) is 0 Å². The van der Waals surface area contributed by atoms with Crippen molar-refractivity contribution in [2.24, 2.45) is 0 Å². The van der Waals surface area contributed by atoms with Crippen molar-refractivity contribution in [3.05, 3.63) is 0 Å². The Morgan fingerprint density at radius 1 is 1.24 bits per heavy atom. The van der Waals surface area contributed by atoms with Gasteiger partial charge in [-0.25, -0.2) is 0 Å². The monoisotopic (exact) mass is 354 g/mol. The van der Waals surface area contributed by atoms with E-state index in [-0.39, 0.29) is 31.3 Å². The summed E-state index contributed by atoms with van der Waals surface area (Å²) < 4.78 is 22.4. The highest BCUT2D eigenvalue weighted by molar-refractivity contribution is 8.60. The maximum Gasteiger partial charge on any atom is 0.244 e. The van der Waals surface area contributed by atoms with Gasteiger partial charge in [0.25, 0.3) is 0 Å². The van der Waals surface area contributed by atoms with Gasteiger partial charge in [-0.05, 0) is 24.6 Å². The SMILES string of the molecule is BC1CC(OP(=S)(S)OCC2O[C@@H](B)CC2O)C(CO)O1. The van der Waals surface area contributed by atoms with E-state index in [0.29, 0.717) is 12.8 Å². The Bertz CT molecular complexity index is 406. The third-order valence-electron chi connectivity index (χ3n) is 3.65. The van der Waals surface area contributed by atoms with Crippen LogP contribution >= 0.6 is 17.9 Å². The van der Waals surface area contributed by atoms with E-state index in [0.717, 1.165) is 0 Å². The summed E-state index contributed by atoms with van der Waals surface area (Å²) in [5.41, 5.74) is -2.77. The average Bonchev–Trinajstić information content (AvgIpc) is 2.88. The minimum atomic E-state index is -2.77. The molecule has 0 aromatic heterocycles. The van der Waals surface area contributed by atoms with Crippen molar-refractivity contribution < 1.29 is 28.7 Å². The molecule has 0 spiro atoms. The van der Waals surface area contributed by atoms with Crippen LogP contribution < -0.4 is 0 Å². The molecule has 2 rings (SSSR count). The first-order chi connectivity index (χ1) is 9.80. The largest absolute Gasteiger partial charge is 0.394 e. The van der Waals surface area contributed by atoms with Crippen molar-refractivity contribution in [2.45, 2.75) is 49.3 Å². The lowest BCUT2D eigenvalue weighted by atomic mass is 9.96. The summed E-state index contributed by atoms with van der Waals surface area (Å²) in [6.07, 6.45) is -0.431. The molecular formula is C10H21B2O6PS2. The molecule has 0 aromatic rings. The van der Waals surface area contributed by atoms with Crippen LogP contribution in [0.1, 0.15) is 12.8 Å².